The summed E-state index contributed by atoms with van der Waals surface area (Å²) in [5.74, 6) is -0.111. The number of hydrogen-bond donors (Lipinski definition) is 2. The van der Waals surface area contributed by atoms with Crippen LogP contribution in [-0.4, -0.2) is 63.5 Å². The van der Waals surface area contributed by atoms with Crippen molar-refractivity contribution in [2.45, 2.75) is 31.5 Å². The number of aromatic nitrogens is 5. The molecule has 1 atom stereocenters. The highest BCUT2D eigenvalue weighted by molar-refractivity contribution is 5.81. The maximum atomic E-state index is 14.5. The average molecular weight is 529 g/mol. The Balaban J connectivity index is 1.54. The molecule has 38 heavy (non-hydrogen) atoms. The number of piperidine rings is 1. The van der Waals surface area contributed by atoms with Crippen LogP contribution in [0.3, 0.4) is 0 Å². The Labute approximate surface area is 216 Å². The normalized spacial score (nSPS) is 17.9. The van der Waals surface area contributed by atoms with E-state index < -0.39 is 18.0 Å². The van der Waals surface area contributed by atoms with E-state index in [4.69, 9.17) is 16.2 Å². The lowest BCUT2D eigenvalue weighted by atomic mass is 9.90. The molecule has 4 N–H and O–H groups in total. The third-order valence-corrected chi connectivity index (χ3v) is 6.63. The number of methoxy groups -OCH3 is 1. The molecule has 1 aliphatic rings. The number of hydrogen-bond acceptors (Lipinski definition) is 9. The third kappa shape index (κ3) is 5.20. The fourth-order valence-electron chi connectivity index (χ4n) is 4.80. The quantitative estimate of drug-likeness (QED) is 0.354. The summed E-state index contributed by atoms with van der Waals surface area (Å²) < 4.78 is 51.3. The fraction of sp³-hybridized carbons (Fsp3) is 0.360. The van der Waals surface area contributed by atoms with Gasteiger partial charge in [0.1, 0.15) is 11.8 Å². The molecule has 5 rings (SSSR count). The lowest BCUT2D eigenvalue weighted by Gasteiger charge is -2.41. The van der Waals surface area contributed by atoms with Crippen molar-refractivity contribution < 1.29 is 22.6 Å². The first-order valence-electron chi connectivity index (χ1n) is 11.9. The zero-order valence-electron chi connectivity index (χ0n) is 20.6. The van der Waals surface area contributed by atoms with Crippen molar-refractivity contribution in [3.63, 3.8) is 0 Å². The summed E-state index contributed by atoms with van der Waals surface area (Å²) in [4.78, 5) is 19.3. The van der Waals surface area contributed by atoms with E-state index in [1.807, 2.05) is 15.5 Å². The molecular formula is C25H27F3N8O2. The number of nitrogens with two attached hydrogens (primary N) is 2. The van der Waals surface area contributed by atoms with Crippen molar-refractivity contribution in [2.75, 3.05) is 37.4 Å². The van der Waals surface area contributed by atoms with Gasteiger partial charge in [-0.3, -0.25) is 4.98 Å². The number of fused-ring (bicyclic) bond motifs is 1. The minimum Gasteiger partial charge on any atom is -0.494 e. The highest BCUT2D eigenvalue weighted by Gasteiger charge is 2.34. The third-order valence-electron chi connectivity index (χ3n) is 6.63. The second-order valence-corrected chi connectivity index (χ2v) is 9.31. The summed E-state index contributed by atoms with van der Waals surface area (Å²) in [5, 5.41) is 0. The van der Waals surface area contributed by atoms with Crippen LogP contribution in [0.4, 0.5) is 24.7 Å². The Bertz CT molecular complexity index is 1450. The molecular weight excluding hydrogens is 501 g/mol. The molecule has 1 saturated heterocycles. The Morgan fingerprint density at radius 2 is 2.00 bits per heavy atom. The molecule has 10 nitrogen and oxygen atoms in total. The SMILES string of the molecule is COc1ccc(-c2cc(Cn3cnc4c(N)ncnc43)c(N3CCC[C@](N)(COC(F)F)C3)cn2)cc1F. The van der Waals surface area contributed by atoms with Gasteiger partial charge in [-0.25, -0.2) is 19.3 Å². The molecule has 1 aromatic carbocycles. The maximum Gasteiger partial charge on any atom is 0.345 e. The van der Waals surface area contributed by atoms with Crippen LogP contribution in [0.5, 0.6) is 5.75 Å². The van der Waals surface area contributed by atoms with E-state index in [2.05, 4.69) is 24.7 Å². The molecule has 0 amide bonds. The van der Waals surface area contributed by atoms with Gasteiger partial charge in [0, 0.05) is 18.7 Å². The Kier molecular flexibility index (Phi) is 7.04. The van der Waals surface area contributed by atoms with Crippen LogP contribution < -0.4 is 21.1 Å². The molecule has 0 aliphatic carbocycles. The molecule has 4 aromatic rings. The number of pyridine rings is 1. The molecule has 1 aliphatic heterocycles. The van der Waals surface area contributed by atoms with Gasteiger partial charge >= 0.3 is 6.61 Å². The predicted molar refractivity (Wildman–Crippen MR) is 135 cm³/mol. The molecule has 0 bridgehead atoms. The number of ether oxygens (including phenoxy) is 2. The van der Waals surface area contributed by atoms with Crippen LogP contribution in [-0.2, 0) is 11.3 Å². The van der Waals surface area contributed by atoms with Gasteiger partial charge in [-0.05, 0) is 42.7 Å². The monoisotopic (exact) mass is 528 g/mol. The van der Waals surface area contributed by atoms with Crippen molar-refractivity contribution in [3.8, 4) is 17.0 Å². The van der Waals surface area contributed by atoms with Crippen LogP contribution in [0.1, 0.15) is 18.4 Å². The highest BCUT2D eigenvalue weighted by Crippen LogP contribution is 2.32. The summed E-state index contributed by atoms with van der Waals surface area (Å²) in [6.07, 6.45) is 5.91. The van der Waals surface area contributed by atoms with Crippen LogP contribution in [0.25, 0.3) is 22.4 Å². The first-order chi connectivity index (χ1) is 18.3. The first-order valence-corrected chi connectivity index (χ1v) is 11.9. The zero-order chi connectivity index (χ0) is 26.9. The van der Waals surface area contributed by atoms with E-state index in [1.54, 1.807) is 24.7 Å². The topological polar surface area (TPSA) is 130 Å². The summed E-state index contributed by atoms with van der Waals surface area (Å²) >= 11 is 0. The number of imidazole rings is 1. The van der Waals surface area contributed by atoms with Gasteiger partial charge in [0.2, 0.25) is 0 Å². The van der Waals surface area contributed by atoms with E-state index in [0.29, 0.717) is 54.9 Å². The molecule has 0 saturated carbocycles. The van der Waals surface area contributed by atoms with Gasteiger partial charge in [-0.1, -0.05) is 0 Å². The van der Waals surface area contributed by atoms with Gasteiger partial charge in [0.15, 0.2) is 23.0 Å². The number of halogens is 3. The molecule has 0 spiro atoms. The number of alkyl halides is 2. The lowest BCUT2D eigenvalue weighted by molar-refractivity contribution is -0.141. The molecule has 200 valence electrons. The number of nitrogen functional groups attached to an aromatic ring is 1. The van der Waals surface area contributed by atoms with Crippen LogP contribution >= 0.6 is 0 Å². The van der Waals surface area contributed by atoms with Crippen LogP contribution in [0.2, 0.25) is 0 Å². The highest BCUT2D eigenvalue weighted by atomic mass is 19.3. The summed E-state index contributed by atoms with van der Waals surface area (Å²) in [6.45, 7) is -1.88. The van der Waals surface area contributed by atoms with Gasteiger partial charge in [0.25, 0.3) is 0 Å². The number of nitrogens with zero attached hydrogens (tertiary/aromatic N) is 6. The zero-order valence-corrected chi connectivity index (χ0v) is 20.6. The molecule has 4 heterocycles. The molecule has 0 radical (unpaired) electrons. The van der Waals surface area contributed by atoms with E-state index >= 15 is 0 Å². The minimum atomic E-state index is -2.89. The lowest BCUT2D eigenvalue weighted by Crippen LogP contribution is -2.57. The molecule has 0 unspecified atom stereocenters. The van der Waals surface area contributed by atoms with Crippen molar-refractivity contribution >= 4 is 22.7 Å². The Morgan fingerprint density at radius 3 is 2.76 bits per heavy atom. The summed E-state index contributed by atoms with van der Waals surface area (Å²) in [6, 6.07) is 6.48. The molecule has 1 fully saturated rings. The first kappa shape index (κ1) is 25.7. The largest absolute Gasteiger partial charge is 0.494 e. The van der Waals surface area contributed by atoms with Crippen molar-refractivity contribution in [2.24, 2.45) is 5.73 Å². The number of rotatable bonds is 8. The van der Waals surface area contributed by atoms with Crippen molar-refractivity contribution in [1.82, 2.24) is 24.5 Å². The standard InChI is InChI=1S/C25H27F3N8O2/c1-37-20-4-3-15(7-17(20)26)18-8-16(10-36-14-34-21-22(29)32-13-33-23(21)36)19(9-31-18)35-6-2-5-25(30,11-35)12-38-24(27)28/h3-4,7-9,13-14,24H,2,5-6,10-12,30H2,1H3,(H2,29,32,33)/t25-/m1/s1. The second-order valence-electron chi connectivity index (χ2n) is 9.31. The maximum absolute atomic E-state index is 14.5. The van der Waals surface area contributed by atoms with Gasteiger partial charge in [-0.15, -0.1) is 0 Å². The number of benzene rings is 1. The van der Waals surface area contributed by atoms with Gasteiger partial charge in [-0.2, -0.15) is 8.78 Å². The van der Waals surface area contributed by atoms with Crippen LogP contribution in [0, 0.1) is 5.82 Å². The fourth-order valence-corrected chi connectivity index (χ4v) is 4.80. The minimum absolute atomic E-state index is 0.131. The van der Waals surface area contributed by atoms with Gasteiger partial charge < -0.3 is 30.4 Å². The number of anilines is 2. The summed E-state index contributed by atoms with van der Waals surface area (Å²) in [5.41, 5.74) is 15.2. The van der Waals surface area contributed by atoms with Gasteiger partial charge in [0.05, 0.1) is 49.7 Å². The predicted octanol–water partition coefficient (Wildman–Crippen LogP) is 3.20. The van der Waals surface area contributed by atoms with E-state index in [1.165, 1.54) is 19.5 Å². The Morgan fingerprint density at radius 1 is 1.16 bits per heavy atom. The van der Waals surface area contributed by atoms with Crippen molar-refractivity contribution in [1.29, 1.82) is 0 Å². The van der Waals surface area contributed by atoms with E-state index in [9.17, 15) is 13.2 Å². The summed E-state index contributed by atoms with van der Waals surface area (Å²) in [7, 11) is 1.40. The van der Waals surface area contributed by atoms with Crippen molar-refractivity contribution in [3.05, 3.63) is 54.5 Å². The van der Waals surface area contributed by atoms with Crippen LogP contribution in [0.15, 0.2) is 43.1 Å². The molecule has 13 heteroatoms. The second kappa shape index (κ2) is 10.4. The Hall–Kier alpha value is -3.97. The molecule has 3 aromatic heterocycles. The average Bonchev–Trinajstić information content (AvgIpc) is 3.31. The van der Waals surface area contributed by atoms with E-state index in [0.717, 1.165) is 11.3 Å². The van der Waals surface area contributed by atoms with E-state index in [-0.39, 0.29) is 18.2 Å². The smallest absolute Gasteiger partial charge is 0.345 e.